The van der Waals surface area contributed by atoms with Crippen molar-refractivity contribution < 1.29 is 22.4 Å². The molecule has 1 amide bonds. The van der Waals surface area contributed by atoms with Crippen LogP contribution in [0.5, 0.6) is 0 Å². The number of rotatable bonds is 2. The minimum Gasteiger partial charge on any atom is -0.355 e. The van der Waals surface area contributed by atoms with E-state index in [0.29, 0.717) is 38.4 Å². The van der Waals surface area contributed by atoms with Gasteiger partial charge in [0.1, 0.15) is 11.6 Å². The van der Waals surface area contributed by atoms with Crippen molar-refractivity contribution in [3.8, 4) is 0 Å². The number of nitrogens with zero attached hydrogens (tertiary/aromatic N) is 3. The van der Waals surface area contributed by atoms with Gasteiger partial charge in [0.05, 0.1) is 16.1 Å². The molecule has 1 fully saturated rings. The van der Waals surface area contributed by atoms with E-state index in [4.69, 9.17) is 11.6 Å². The first-order valence-electron chi connectivity index (χ1n) is 8.28. The smallest absolute Gasteiger partial charge is 0.355 e. The van der Waals surface area contributed by atoms with Gasteiger partial charge in [-0.1, -0.05) is 11.6 Å². The van der Waals surface area contributed by atoms with Crippen LogP contribution < -0.4 is 4.90 Å². The zero-order valence-electron chi connectivity index (χ0n) is 14.1. The van der Waals surface area contributed by atoms with Crippen LogP contribution in [0.4, 0.5) is 23.4 Å². The second kappa shape index (κ2) is 7.72. The van der Waals surface area contributed by atoms with Crippen LogP contribution in [0.15, 0.2) is 36.5 Å². The molecule has 1 aromatic carbocycles. The highest BCUT2D eigenvalue weighted by molar-refractivity contribution is 6.33. The van der Waals surface area contributed by atoms with Crippen molar-refractivity contribution in [2.24, 2.45) is 0 Å². The second-order valence-corrected chi connectivity index (χ2v) is 6.57. The number of carbonyl (C=O) groups excluding carboxylic acids is 1. The molecule has 0 saturated carbocycles. The summed E-state index contributed by atoms with van der Waals surface area (Å²) in [5.74, 6) is -0.397. The van der Waals surface area contributed by atoms with Crippen LogP contribution in [-0.2, 0) is 6.18 Å². The second-order valence-electron chi connectivity index (χ2n) is 6.16. The molecule has 1 saturated heterocycles. The Morgan fingerprint density at radius 3 is 2.48 bits per heavy atom. The Bertz CT molecular complexity index is 826. The van der Waals surface area contributed by atoms with Gasteiger partial charge in [-0.2, -0.15) is 13.2 Å². The Hall–Kier alpha value is -2.35. The number of anilines is 1. The summed E-state index contributed by atoms with van der Waals surface area (Å²) in [6, 6.07) is 5.94. The first-order valence-corrected chi connectivity index (χ1v) is 8.66. The van der Waals surface area contributed by atoms with Crippen molar-refractivity contribution in [1.82, 2.24) is 9.88 Å². The van der Waals surface area contributed by atoms with Gasteiger partial charge in [-0.3, -0.25) is 4.79 Å². The lowest BCUT2D eigenvalue weighted by atomic mass is 10.2. The molecular weight excluding hydrogens is 386 g/mol. The largest absolute Gasteiger partial charge is 0.417 e. The minimum absolute atomic E-state index is 0.0468. The Kier molecular flexibility index (Phi) is 5.55. The number of alkyl halides is 3. The van der Waals surface area contributed by atoms with E-state index >= 15 is 0 Å². The van der Waals surface area contributed by atoms with Gasteiger partial charge in [-0.25, -0.2) is 9.37 Å². The van der Waals surface area contributed by atoms with Crippen molar-refractivity contribution in [2.45, 2.75) is 12.6 Å². The number of aromatic nitrogens is 1. The van der Waals surface area contributed by atoms with Gasteiger partial charge in [-0.05, 0) is 36.8 Å². The van der Waals surface area contributed by atoms with Crippen molar-refractivity contribution >= 4 is 23.3 Å². The number of hydrogen-bond acceptors (Lipinski definition) is 3. The van der Waals surface area contributed by atoms with Crippen LogP contribution >= 0.6 is 11.6 Å². The van der Waals surface area contributed by atoms with Crippen LogP contribution in [0.25, 0.3) is 0 Å². The Morgan fingerprint density at radius 1 is 1.07 bits per heavy atom. The van der Waals surface area contributed by atoms with Gasteiger partial charge in [-0.15, -0.1) is 0 Å². The lowest BCUT2D eigenvalue weighted by Crippen LogP contribution is -2.35. The lowest BCUT2D eigenvalue weighted by molar-refractivity contribution is -0.137. The molecule has 2 heterocycles. The van der Waals surface area contributed by atoms with Gasteiger partial charge in [0.15, 0.2) is 0 Å². The van der Waals surface area contributed by atoms with Crippen LogP contribution in [0, 0.1) is 5.82 Å². The molecule has 0 spiro atoms. The Morgan fingerprint density at radius 2 is 1.85 bits per heavy atom. The molecule has 4 nitrogen and oxygen atoms in total. The van der Waals surface area contributed by atoms with Crippen molar-refractivity contribution in [1.29, 1.82) is 0 Å². The van der Waals surface area contributed by atoms with E-state index in [9.17, 15) is 22.4 Å². The van der Waals surface area contributed by atoms with Crippen LogP contribution in [-0.4, -0.2) is 42.0 Å². The minimum atomic E-state index is -4.43. The normalized spacial score (nSPS) is 15.6. The number of pyridine rings is 1. The average Bonchev–Trinajstić information content (AvgIpc) is 2.87. The standard InChI is InChI=1S/C18H16ClF4N3O/c19-15-10-13(20)3-4-14(15)17(27)26-7-1-6-25(8-9-26)16-5-2-12(11-24-16)18(21,22)23/h2-5,10-11H,1,6-9H2. The number of hydrogen-bond donors (Lipinski definition) is 0. The van der Waals surface area contributed by atoms with E-state index in [1.807, 2.05) is 4.90 Å². The van der Waals surface area contributed by atoms with Gasteiger partial charge >= 0.3 is 6.18 Å². The highest BCUT2D eigenvalue weighted by Crippen LogP contribution is 2.29. The summed E-state index contributed by atoms with van der Waals surface area (Å²) < 4.78 is 51.1. The maximum atomic E-state index is 13.2. The van der Waals surface area contributed by atoms with Gasteiger partial charge in [0.25, 0.3) is 5.91 Å². The quantitative estimate of drug-likeness (QED) is 0.706. The summed E-state index contributed by atoms with van der Waals surface area (Å²) in [5.41, 5.74) is -0.581. The molecule has 0 N–H and O–H groups in total. The molecule has 3 rings (SSSR count). The Labute approximate surface area is 158 Å². The summed E-state index contributed by atoms with van der Waals surface area (Å²) in [6.45, 7) is 1.79. The number of carbonyl (C=O) groups is 1. The van der Waals surface area contributed by atoms with E-state index in [1.54, 1.807) is 4.90 Å². The van der Waals surface area contributed by atoms with Crippen LogP contribution in [0.3, 0.4) is 0 Å². The first-order chi connectivity index (χ1) is 12.8. The highest BCUT2D eigenvalue weighted by atomic mass is 35.5. The molecule has 1 aliphatic heterocycles. The lowest BCUT2D eigenvalue weighted by Gasteiger charge is -2.23. The zero-order chi connectivity index (χ0) is 19.6. The highest BCUT2D eigenvalue weighted by Gasteiger charge is 2.31. The average molecular weight is 402 g/mol. The summed E-state index contributed by atoms with van der Waals surface area (Å²) >= 11 is 5.96. The monoisotopic (exact) mass is 401 g/mol. The third-order valence-corrected chi connectivity index (χ3v) is 4.66. The first kappa shape index (κ1) is 19.4. The summed E-state index contributed by atoms with van der Waals surface area (Å²) in [5, 5.41) is 0.0468. The molecule has 2 aromatic rings. The Balaban J connectivity index is 1.69. The van der Waals surface area contributed by atoms with Gasteiger partial charge in [0.2, 0.25) is 0 Å². The topological polar surface area (TPSA) is 36.4 Å². The molecule has 0 radical (unpaired) electrons. The van der Waals surface area contributed by atoms with E-state index < -0.39 is 17.6 Å². The maximum absolute atomic E-state index is 13.2. The summed E-state index contributed by atoms with van der Waals surface area (Å²) in [4.78, 5) is 20.0. The number of amides is 1. The van der Waals surface area contributed by atoms with Crippen LogP contribution in [0.1, 0.15) is 22.3 Å². The molecule has 9 heteroatoms. The maximum Gasteiger partial charge on any atom is 0.417 e. The number of halogens is 5. The van der Waals surface area contributed by atoms with E-state index in [0.717, 1.165) is 18.3 Å². The molecule has 0 bridgehead atoms. The van der Waals surface area contributed by atoms with Crippen molar-refractivity contribution in [3.05, 3.63) is 58.5 Å². The predicted molar refractivity (Wildman–Crippen MR) is 93.4 cm³/mol. The third kappa shape index (κ3) is 4.50. The van der Waals surface area contributed by atoms with E-state index in [-0.39, 0.29) is 16.5 Å². The molecule has 1 aromatic heterocycles. The van der Waals surface area contributed by atoms with Gasteiger partial charge in [0, 0.05) is 32.4 Å². The van der Waals surface area contributed by atoms with Crippen molar-refractivity contribution in [3.63, 3.8) is 0 Å². The molecule has 1 aliphatic rings. The molecule has 0 aliphatic carbocycles. The van der Waals surface area contributed by atoms with E-state index in [2.05, 4.69) is 4.98 Å². The summed E-state index contributed by atoms with van der Waals surface area (Å²) in [7, 11) is 0. The molecule has 27 heavy (non-hydrogen) atoms. The fourth-order valence-electron chi connectivity index (χ4n) is 2.92. The fraction of sp³-hybridized carbons (Fsp3) is 0.333. The zero-order valence-corrected chi connectivity index (χ0v) is 14.9. The SMILES string of the molecule is O=C(c1ccc(F)cc1Cl)N1CCCN(c2ccc(C(F)(F)F)cn2)CC1. The van der Waals surface area contributed by atoms with Gasteiger partial charge < -0.3 is 9.80 Å². The molecule has 0 atom stereocenters. The van der Waals surface area contributed by atoms with Crippen LogP contribution in [0.2, 0.25) is 5.02 Å². The third-order valence-electron chi connectivity index (χ3n) is 4.34. The molecule has 144 valence electrons. The number of benzene rings is 1. The van der Waals surface area contributed by atoms with Crippen molar-refractivity contribution in [2.75, 3.05) is 31.1 Å². The predicted octanol–water partition coefficient (Wildman–Crippen LogP) is 4.25. The molecule has 0 unspecified atom stereocenters. The fourth-order valence-corrected chi connectivity index (χ4v) is 3.17. The summed E-state index contributed by atoms with van der Waals surface area (Å²) in [6.07, 6.45) is -3.00. The molecular formula is C18H16ClF4N3O. The van der Waals surface area contributed by atoms with E-state index in [1.165, 1.54) is 18.2 Å².